The third-order valence-corrected chi connectivity index (χ3v) is 4.18. The molecule has 0 aliphatic carbocycles. The summed E-state index contributed by atoms with van der Waals surface area (Å²) in [5, 5.41) is 8.95. The van der Waals surface area contributed by atoms with Crippen molar-refractivity contribution in [2.45, 2.75) is 13.8 Å². The molecule has 100 valence electrons. The van der Waals surface area contributed by atoms with Gasteiger partial charge in [-0.2, -0.15) is 12.7 Å². The molecule has 0 aliphatic heterocycles. The molecule has 0 amide bonds. The lowest BCUT2D eigenvalue weighted by atomic mass is 10.0. The minimum absolute atomic E-state index is 0.167. The van der Waals surface area contributed by atoms with Crippen LogP contribution in [0.5, 0.6) is 0 Å². The quantitative estimate of drug-likeness (QED) is 0.862. The Balaban J connectivity index is 3.23. The zero-order valence-corrected chi connectivity index (χ0v) is 11.5. The van der Waals surface area contributed by atoms with Crippen LogP contribution in [0.15, 0.2) is 12.1 Å². The maximum absolute atomic E-state index is 11.7. The predicted octanol–water partition coefficient (Wildman–Crippen LogP) is 1.22. The molecule has 7 heteroatoms. The van der Waals surface area contributed by atoms with E-state index in [1.165, 1.54) is 26.2 Å². The first kappa shape index (κ1) is 14.5. The minimum Gasteiger partial charge on any atom is -0.478 e. The van der Waals surface area contributed by atoms with Gasteiger partial charge in [0.1, 0.15) is 0 Å². The molecule has 1 aromatic carbocycles. The van der Waals surface area contributed by atoms with Gasteiger partial charge in [0.2, 0.25) is 0 Å². The summed E-state index contributed by atoms with van der Waals surface area (Å²) in [5.74, 6) is -1.03. The first-order chi connectivity index (χ1) is 8.16. The van der Waals surface area contributed by atoms with Crippen molar-refractivity contribution in [2.24, 2.45) is 0 Å². The molecule has 0 fully saturated rings. The number of anilines is 1. The number of rotatable bonds is 4. The van der Waals surface area contributed by atoms with Gasteiger partial charge in [0.15, 0.2) is 0 Å². The molecule has 0 atom stereocenters. The summed E-state index contributed by atoms with van der Waals surface area (Å²) >= 11 is 0. The predicted molar refractivity (Wildman–Crippen MR) is 69.1 cm³/mol. The smallest absolute Gasteiger partial charge is 0.335 e. The molecule has 0 saturated carbocycles. The van der Waals surface area contributed by atoms with E-state index in [4.69, 9.17) is 5.11 Å². The topological polar surface area (TPSA) is 86.7 Å². The summed E-state index contributed by atoms with van der Waals surface area (Å²) in [7, 11) is -0.762. The molecule has 0 saturated heterocycles. The Morgan fingerprint density at radius 1 is 1.22 bits per heavy atom. The van der Waals surface area contributed by atoms with Crippen molar-refractivity contribution in [1.29, 1.82) is 0 Å². The number of carboxylic acids is 1. The van der Waals surface area contributed by atoms with Crippen LogP contribution in [0.2, 0.25) is 0 Å². The van der Waals surface area contributed by atoms with Crippen LogP contribution in [0.3, 0.4) is 0 Å². The molecular weight excluding hydrogens is 256 g/mol. The van der Waals surface area contributed by atoms with E-state index >= 15 is 0 Å². The van der Waals surface area contributed by atoms with E-state index < -0.39 is 16.2 Å². The Bertz CT molecular complexity index is 579. The number of nitrogens with one attached hydrogen (secondary N) is 1. The molecule has 0 aromatic heterocycles. The van der Waals surface area contributed by atoms with Gasteiger partial charge < -0.3 is 5.11 Å². The van der Waals surface area contributed by atoms with Crippen LogP contribution >= 0.6 is 0 Å². The molecule has 2 N–H and O–H groups in total. The Labute approximate surface area is 106 Å². The average Bonchev–Trinajstić information content (AvgIpc) is 2.24. The van der Waals surface area contributed by atoms with Crippen LogP contribution < -0.4 is 4.72 Å². The number of aromatic carboxylic acids is 1. The second-order valence-electron chi connectivity index (χ2n) is 4.11. The fourth-order valence-electron chi connectivity index (χ4n) is 1.39. The maximum atomic E-state index is 11.7. The zero-order valence-electron chi connectivity index (χ0n) is 10.7. The Hall–Kier alpha value is -1.60. The highest BCUT2D eigenvalue weighted by Crippen LogP contribution is 2.23. The summed E-state index contributed by atoms with van der Waals surface area (Å²) in [5.41, 5.74) is 1.69. The molecule has 1 rings (SSSR count). The van der Waals surface area contributed by atoms with E-state index in [9.17, 15) is 13.2 Å². The van der Waals surface area contributed by atoms with Crippen molar-refractivity contribution < 1.29 is 18.3 Å². The van der Waals surface area contributed by atoms with Crippen LogP contribution in [0.1, 0.15) is 21.5 Å². The second-order valence-corrected chi connectivity index (χ2v) is 5.99. The third-order valence-electron chi connectivity index (χ3n) is 2.74. The molecule has 1 aromatic rings. The lowest BCUT2D eigenvalue weighted by Gasteiger charge is -2.16. The fraction of sp³-hybridized carbons (Fsp3) is 0.364. The van der Waals surface area contributed by atoms with Crippen LogP contribution in [0.4, 0.5) is 5.69 Å². The van der Waals surface area contributed by atoms with Gasteiger partial charge in [0, 0.05) is 14.1 Å². The van der Waals surface area contributed by atoms with Crippen molar-refractivity contribution in [2.75, 3.05) is 18.8 Å². The number of nitrogens with zero attached hydrogens (tertiary/aromatic N) is 1. The molecule has 0 spiro atoms. The number of benzene rings is 1. The van der Waals surface area contributed by atoms with Crippen LogP contribution in [0.25, 0.3) is 0 Å². The monoisotopic (exact) mass is 272 g/mol. The number of hydrogen-bond donors (Lipinski definition) is 2. The van der Waals surface area contributed by atoms with Gasteiger partial charge in [-0.25, -0.2) is 4.79 Å². The van der Waals surface area contributed by atoms with E-state index in [0.717, 1.165) is 4.31 Å². The van der Waals surface area contributed by atoms with E-state index in [0.29, 0.717) is 16.8 Å². The number of carbonyl (C=O) groups is 1. The standard InChI is InChI=1S/C11H16N2O4S/c1-7-8(2)10(6-5-9(7)11(14)15)12-18(16,17)13(3)4/h5-6,12H,1-4H3,(H,14,15). The molecular formula is C11H16N2O4S. The highest BCUT2D eigenvalue weighted by Gasteiger charge is 2.17. The van der Waals surface area contributed by atoms with E-state index in [2.05, 4.69) is 4.72 Å². The highest BCUT2D eigenvalue weighted by atomic mass is 32.2. The molecule has 18 heavy (non-hydrogen) atoms. The second kappa shape index (κ2) is 4.95. The van der Waals surface area contributed by atoms with Crippen LogP contribution in [-0.4, -0.2) is 37.9 Å². The van der Waals surface area contributed by atoms with Gasteiger partial charge in [-0.1, -0.05) is 0 Å². The number of hydrogen-bond acceptors (Lipinski definition) is 3. The summed E-state index contributed by atoms with van der Waals surface area (Å²) in [6, 6.07) is 2.84. The Kier molecular flexibility index (Phi) is 3.98. The molecule has 0 radical (unpaired) electrons. The minimum atomic E-state index is -3.59. The largest absolute Gasteiger partial charge is 0.478 e. The number of carboxylic acid groups (broad SMARTS) is 1. The Morgan fingerprint density at radius 3 is 2.22 bits per heavy atom. The lowest BCUT2D eigenvalue weighted by Crippen LogP contribution is -2.29. The van der Waals surface area contributed by atoms with E-state index in [1.54, 1.807) is 13.8 Å². The molecule has 0 bridgehead atoms. The zero-order chi connectivity index (χ0) is 14.1. The fourth-order valence-corrected chi connectivity index (χ4v) is 2.07. The van der Waals surface area contributed by atoms with Gasteiger partial charge in [-0.3, -0.25) is 4.72 Å². The maximum Gasteiger partial charge on any atom is 0.335 e. The molecule has 0 heterocycles. The van der Waals surface area contributed by atoms with E-state index in [-0.39, 0.29) is 5.56 Å². The van der Waals surface area contributed by atoms with Crippen LogP contribution in [-0.2, 0) is 10.2 Å². The lowest BCUT2D eigenvalue weighted by molar-refractivity contribution is 0.0696. The van der Waals surface area contributed by atoms with Crippen molar-refractivity contribution in [3.8, 4) is 0 Å². The average molecular weight is 272 g/mol. The Morgan fingerprint density at radius 2 is 1.78 bits per heavy atom. The first-order valence-corrected chi connectivity index (χ1v) is 6.64. The molecule has 0 unspecified atom stereocenters. The first-order valence-electron chi connectivity index (χ1n) is 5.20. The third kappa shape index (κ3) is 2.80. The molecule has 0 aliphatic rings. The summed E-state index contributed by atoms with van der Waals surface area (Å²) < 4.78 is 26.8. The summed E-state index contributed by atoms with van der Waals surface area (Å²) in [6.07, 6.45) is 0. The van der Waals surface area contributed by atoms with Crippen molar-refractivity contribution in [3.63, 3.8) is 0 Å². The van der Waals surface area contributed by atoms with Gasteiger partial charge in [-0.15, -0.1) is 0 Å². The van der Waals surface area contributed by atoms with Gasteiger partial charge in [-0.05, 0) is 37.1 Å². The highest BCUT2D eigenvalue weighted by molar-refractivity contribution is 7.90. The van der Waals surface area contributed by atoms with Crippen molar-refractivity contribution in [1.82, 2.24) is 4.31 Å². The molecule has 6 nitrogen and oxygen atoms in total. The van der Waals surface area contributed by atoms with Gasteiger partial charge in [0.05, 0.1) is 11.3 Å². The summed E-state index contributed by atoms with van der Waals surface area (Å²) in [6.45, 7) is 3.32. The van der Waals surface area contributed by atoms with E-state index in [1.807, 2.05) is 0 Å². The van der Waals surface area contributed by atoms with Crippen molar-refractivity contribution >= 4 is 21.9 Å². The SMILES string of the molecule is Cc1c(NS(=O)(=O)N(C)C)ccc(C(=O)O)c1C. The van der Waals surface area contributed by atoms with Crippen molar-refractivity contribution in [3.05, 3.63) is 28.8 Å². The van der Waals surface area contributed by atoms with Gasteiger partial charge >= 0.3 is 16.2 Å². The normalized spacial score (nSPS) is 11.6. The van der Waals surface area contributed by atoms with Crippen LogP contribution in [0, 0.1) is 13.8 Å². The summed E-state index contributed by atoms with van der Waals surface area (Å²) in [4.78, 5) is 10.9. The van der Waals surface area contributed by atoms with Gasteiger partial charge in [0.25, 0.3) is 0 Å².